The van der Waals surface area contributed by atoms with Crippen LogP contribution in [0.1, 0.15) is 21.5 Å². The van der Waals surface area contributed by atoms with Crippen LogP contribution in [0.25, 0.3) is 6.08 Å². The van der Waals surface area contributed by atoms with Gasteiger partial charge in [-0.15, -0.1) is 0 Å². The van der Waals surface area contributed by atoms with Crippen molar-refractivity contribution in [3.8, 4) is 5.75 Å². The van der Waals surface area contributed by atoms with Crippen LogP contribution >= 0.6 is 0 Å². The van der Waals surface area contributed by atoms with Crippen molar-refractivity contribution in [2.75, 3.05) is 0 Å². The Bertz CT molecular complexity index is 868. The Kier molecular flexibility index (Phi) is 5.27. The Hall–Kier alpha value is -3.33. The van der Waals surface area contributed by atoms with Crippen molar-refractivity contribution in [3.63, 3.8) is 0 Å². The Morgan fingerprint density at radius 1 is 0.840 bits per heavy atom. The van der Waals surface area contributed by atoms with Gasteiger partial charge in [0.15, 0.2) is 5.76 Å². The number of hydrogen-bond donors (Lipinski definition) is 1. The molecule has 0 saturated carbocycles. The van der Waals surface area contributed by atoms with Gasteiger partial charge < -0.3 is 9.84 Å². The molecule has 0 spiro atoms. The second-order valence-electron chi connectivity index (χ2n) is 5.54. The summed E-state index contributed by atoms with van der Waals surface area (Å²) in [6.07, 6.45) is 1.69. The first-order valence-electron chi connectivity index (χ1n) is 8.00. The minimum atomic E-state index is -0.349. The van der Waals surface area contributed by atoms with E-state index < -0.39 is 0 Å². The van der Waals surface area contributed by atoms with Gasteiger partial charge in [0.2, 0.25) is 5.78 Å². The molecule has 25 heavy (non-hydrogen) atoms. The molecule has 3 aromatic rings. The lowest BCUT2D eigenvalue weighted by molar-refractivity contribution is 0.0907. The number of Topliss-reactive ketones (excluding diaryl/α,β-unsaturated/α-hetero) is 1. The number of aromatic hydroxyl groups is 1. The summed E-state index contributed by atoms with van der Waals surface area (Å²) in [6, 6.07) is 25.6. The third kappa shape index (κ3) is 4.36. The zero-order valence-electron chi connectivity index (χ0n) is 13.6. The summed E-state index contributed by atoms with van der Waals surface area (Å²) in [4.78, 5) is 12.8. The normalized spacial score (nSPS) is 11.1. The molecule has 124 valence electrons. The fourth-order valence-electron chi connectivity index (χ4n) is 2.41. The molecule has 0 heterocycles. The van der Waals surface area contributed by atoms with E-state index in [-0.39, 0.29) is 29.5 Å². The average Bonchev–Trinajstić information content (AvgIpc) is 2.66. The van der Waals surface area contributed by atoms with Crippen molar-refractivity contribution in [3.05, 3.63) is 107 Å². The van der Waals surface area contributed by atoms with Crippen LogP contribution in [-0.4, -0.2) is 10.9 Å². The number of carbonyl (C=O) groups excluding carboxylic acids is 1. The highest BCUT2D eigenvalue weighted by Crippen LogP contribution is 2.22. The minimum Gasteiger partial charge on any atom is -0.507 e. The quantitative estimate of drug-likeness (QED) is 0.400. The summed E-state index contributed by atoms with van der Waals surface area (Å²) in [6.45, 7) is 0.277. The van der Waals surface area contributed by atoms with Gasteiger partial charge in [-0.1, -0.05) is 72.8 Å². The molecule has 0 aliphatic heterocycles. The van der Waals surface area contributed by atoms with Crippen molar-refractivity contribution in [2.45, 2.75) is 6.61 Å². The number of carbonyl (C=O) groups is 1. The van der Waals surface area contributed by atoms with Crippen LogP contribution in [0, 0.1) is 0 Å². The van der Waals surface area contributed by atoms with Crippen LogP contribution in [0.2, 0.25) is 0 Å². The van der Waals surface area contributed by atoms with E-state index in [2.05, 4.69) is 0 Å². The number of para-hydroxylation sites is 1. The second kappa shape index (κ2) is 7.97. The molecular formula is C22H18O3. The smallest absolute Gasteiger partial charge is 0.231 e. The zero-order chi connectivity index (χ0) is 17.5. The molecule has 3 nitrogen and oxygen atoms in total. The highest BCUT2D eigenvalue weighted by atomic mass is 16.5. The standard InChI is InChI=1S/C22H18O3/c23-20-14-8-7-13-19(20)22(24)21(15-17-9-3-1-4-10-17)25-16-18-11-5-2-6-12-18/h1-15,23H,16H2. The number of hydrogen-bond acceptors (Lipinski definition) is 3. The highest BCUT2D eigenvalue weighted by Gasteiger charge is 2.17. The summed E-state index contributed by atoms with van der Waals surface area (Å²) in [5.74, 6) is -0.218. The molecule has 0 atom stereocenters. The molecule has 0 unspecified atom stereocenters. The molecule has 3 aromatic carbocycles. The maximum atomic E-state index is 12.8. The number of ether oxygens (including phenoxy) is 1. The maximum Gasteiger partial charge on any atom is 0.231 e. The SMILES string of the molecule is O=C(C(=Cc1ccccc1)OCc1ccccc1)c1ccccc1O. The van der Waals surface area contributed by atoms with E-state index in [0.29, 0.717) is 0 Å². The molecule has 1 N–H and O–H groups in total. The molecule has 0 amide bonds. The summed E-state index contributed by atoms with van der Waals surface area (Å²) in [5.41, 5.74) is 2.04. The van der Waals surface area contributed by atoms with Gasteiger partial charge in [0.25, 0.3) is 0 Å². The first-order valence-corrected chi connectivity index (χ1v) is 8.00. The molecule has 0 saturated heterocycles. The first kappa shape index (κ1) is 16.5. The Labute approximate surface area is 146 Å². The molecular weight excluding hydrogens is 312 g/mol. The maximum absolute atomic E-state index is 12.8. The van der Waals surface area contributed by atoms with Crippen molar-refractivity contribution in [1.82, 2.24) is 0 Å². The van der Waals surface area contributed by atoms with E-state index in [0.717, 1.165) is 11.1 Å². The number of phenols is 1. The largest absolute Gasteiger partial charge is 0.507 e. The van der Waals surface area contributed by atoms with E-state index in [1.807, 2.05) is 60.7 Å². The van der Waals surface area contributed by atoms with Gasteiger partial charge in [-0.25, -0.2) is 0 Å². The molecule has 0 fully saturated rings. The van der Waals surface area contributed by atoms with Gasteiger partial charge in [0.05, 0.1) is 5.56 Å². The number of benzene rings is 3. The fourth-order valence-corrected chi connectivity index (χ4v) is 2.41. The number of rotatable bonds is 6. The Balaban J connectivity index is 1.90. The topological polar surface area (TPSA) is 46.5 Å². The molecule has 0 aromatic heterocycles. The van der Waals surface area contributed by atoms with Crippen molar-refractivity contribution in [2.24, 2.45) is 0 Å². The van der Waals surface area contributed by atoms with E-state index in [9.17, 15) is 9.90 Å². The summed E-state index contributed by atoms with van der Waals surface area (Å²) in [5, 5.41) is 9.98. The summed E-state index contributed by atoms with van der Waals surface area (Å²) < 4.78 is 5.80. The molecule has 0 bridgehead atoms. The van der Waals surface area contributed by atoms with Crippen LogP contribution in [0.15, 0.2) is 90.7 Å². The van der Waals surface area contributed by atoms with Gasteiger partial charge >= 0.3 is 0 Å². The van der Waals surface area contributed by atoms with Crippen molar-refractivity contribution >= 4 is 11.9 Å². The van der Waals surface area contributed by atoms with Gasteiger partial charge in [0, 0.05) is 0 Å². The van der Waals surface area contributed by atoms with Crippen LogP contribution in [0.4, 0.5) is 0 Å². The third-order valence-electron chi connectivity index (χ3n) is 3.71. The van der Waals surface area contributed by atoms with Gasteiger partial charge in [-0.3, -0.25) is 4.79 Å². The molecule has 3 heteroatoms. The minimum absolute atomic E-state index is 0.0604. The molecule has 0 radical (unpaired) electrons. The molecule has 3 rings (SSSR count). The number of allylic oxidation sites excluding steroid dienone is 1. The molecule has 0 aliphatic rings. The van der Waals surface area contributed by atoms with Crippen LogP contribution in [0.5, 0.6) is 5.75 Å². The second-order valence-corrected chi connectivity index (χ2v) is 5.54. The van der Waals surface area contributed by atoms with Gasteiger partial charge in [-0.05, 0) is 29.3 Å². The predicted octanol–water partition coefficient (Wildman–Crippen LogP) is 4.83. The summed E-state index contributed by atoms with van der Waals surface area (Å²) >= 11 is 0. The van der Waals surface area contributed by atoms with Crippen LogP contribution in [-0.2, 0) is 11.3 Å². The number of phenolic OH excluding ortho intramolecular Hbond substituents is 1. The Morgan fingerprint density at radius 2 is 1.44 bits per heavy atom. The lowest BCUT2D eigenvalue weighted by Gasteiger charge is -2.11. The monoisotopic (exact) mass is 330 g/mol. The van der Waals surface area contributed by atoms with Gasteiger partial charge in [-0.2, -0.15) is 0 Å². The highest BCUT2D eigenvalue weighted by molar-refractivity contribution is 6.11. The zero-order valence-corrected chi connectivity index (χ0v) is 13.6. The first-order chi connectivity index (χ1) is 12.2. The van der Waals surface area contributed by atoms with E-state index in [4.69, 9.17) is 4.74 Å². The fraction of sp³-hybridized carbons (Fsp3) is 0.0455. The van der Waals surface area contributed by atoms with Crippen molar-refractivity contribution in [1.29, 1.82) is 0 Å². The average molecular weight is 330 g/mol. The van der Waals surface area contributed by atoms with E-state index >= 15 is 0 Å². The third-order valence-corrected chi connectivity index (χ3v) is 3.71. The van der Waals surface area contributed by atoms with E-state index in [1.54, 1.807) is 24.3 Å². The lowest BCUT2D eigenvalue weighted by atomic mass is 10.1. The van der Waals surface area contributed by atoms with Gasteiger partial charge in [0.1, 0.15) is 12.4 Å². The molecule has 0 aliphatic carbocycles. The van der Waals surface area contributed by atoms with Crippen molar-refractivity contribution < 1.29 is 14.6 Å². The predicted molar refractivity (Wildman–Crippen MR) is 98.1 cm³/mol. The van der Waals surface area contributed by atoms with E-state index in [1.165, 1.54) is 6.07 Å². The van der Waals surface area contributed by atoms with Crippen LogP contribution < -0.4 is 0 Å². The summed E-state index contributed by atoms with van der Waals surface area (Å²) in [7, 11) is 0. The van der Waals surface area contributed by atoms with Crippen LogP contribution in [0.3, 0.4) is 0 Å². The lowest BCUT2D eigenvalue weighted by Crippen LogP contribution is -2.07. The number of ketones is 1. The Morgan fingerprint density at radius 3 is 2.12 bits per heavy atom.